The van der Waals surface area contributed by atoms with Gasteiger partial charge in [0.05, 0.1) is 6.10 Å². The highest BCUT2D eigenvalue weighted by Gasteiger charge is 2.21. The van der Waals surface area contributed by atoms with E-state index in [0.717, 1.165) is 76.7 Å². The van der Waals surface area contributed by atoms with Crippen LogP contribution in [0.3, 0.4) is 0 Å². The number of benzene rings is 8. The molecule has 0 N–H and O–H groups in total. The summed E-state index contributed by atoms with van der Waals surface area (Å²) in [6.45, 7) is 15.3. The van der Waals surface area contributed by atoms with Crippen LogP contribution in [-0.4, -0.2) is 11.9 Å². The molecule has 338 valence electrons. The van der Waals surface area contributed by atoms with Gasteiger partial charge in [0.15, 0.2) is 5.78 Å². The molecule has 0 spiro atoms. The van der Waals surface area contributed by atoms with Crippen LogP contribution < -0.4 is 19.3 Å². The molecule has 8 rings (SSSR count). The lowest BCUT2D eigenvalue weighted by Crippen LogP contribution is -2.17. The summed E-state index contributed by atoms with van der Waals surface area (Å²) in [4.78, 5) is 17.8. The Morgan fingerprint density at radius 1 is 0.448 bits per heavy atom. The number of carbonyl (C=O) groups excluding carboxylic acids is 1. The molecule has 5 heteroatoms. The summed E-state index contributed by atoms with van der Waals surface area (Å²) in [5.74, 6) is 2.05. The van der Waals surface area contributed by atoms with Gasteiger partial charge in [0.1, 0.15) is 17.2 Å². The molecule has 0 amide bonds. The van der Waals surface area contributed by atoms with Crippen molar-refractivity contribution in [2.75, 3.05) is 9.80 Å². The molecule has 5 nitrogen and oxygen atoms in total. The van der Waals surface area contributed by atoms with Crippen molar-refractivity contribution in [1.29, 1.82) is 0 Å². The van der Waals surface area contributed by atoms with Crippen molar-refractivity contribution >= 4 is 39.9 Å². The van der Waals surface area contributed by atoms with E-state index in [0.29, 0.717) is 22.6 Å². The number of nitrogens with zero attached hydrogens (tertiary/aromatic N) is 2. The first-order chi connectivity index (χ1) is 32.5. The van der Waals surface area contributed by atoms with Crippen molar-refractivity contribution < 1.29 is 14.3 Å². The molecule has 0 saturated heterocycles. The van der Waals surface area contributed by atoms with Crippen molar-refractivity contribution in [3.63, 3.8) is 0 Å². The van der Waals surface area contributed by atoms with Crippen molar-refractivity contribution in [1.82, 2.24) is 0 Å². The number of ether oxygens (including phenoxy) is 2. The molecule has 67 heavy (non-hydrogen) atoms. The molecule has 0 aliphatic carbocycles. The van der Waals surface area contributed by atoms with Crippen LogP contribution in [0.2, 0.25) is 0 Å². The van der Waals surface area contributed by atoms with Gasteiger partial charge in [-0.1, -0.05) is 102 Å². The minimum absolute atomic E-state index is 0.0512. The van der Waals surface area contributed by atoms with Crippen molar-refractivity contribution in [3.8, 4) is 28.4 Å². The lowest BCUT2D eigenvalue weighted by Gasteiger charge is -2.28. The Labute approximate surface area is 398 Å². The van der Waals surface area contributed by atoms with Gasteiger partial charge in [0.2, 0.25) is 0 Å². The third-order valence-electron chi connectivity index (χ3n) is 12.5. The van der Waals surface area contributed by atoms with Crippen molar-refractivity contribution in [3.05, 3.63) is 222 Å². The monoisotopic (exact) mass is 882 g/mol. The highest BCUT2D eigenvalue weighted by atomic mass is 16.5. The molecule has 0 aromatic heterocycles. The lowest BCUT2D eigenvalue weighted by atomic mass is 9.81. The number of hydrogen-bond donors (Lipinski definition) is 0. The number of ketones is 1. The van der Waals surface area contributed by atoms with E-state index in [9.17, 15) is 4.79 Å². The first-order valence-corrected chi connectivity index (χ1v) is 23.8. The molecular weight excluding hydrogens is 821 g/mol. The molecule has 0 fully saturated rings. The molecule has 0 aliphatic heterocycles. The van der Waals surface area contributed by atoms with E-state index in [1.807, 2.05) is 50.2 Å². The topological polar surface area (TPSA) is 42.0 Å². The molecule has 8 aromatic rings. The molecular formula is C62H62N2O3. The van der Waals surface area contributed by atoms with Gasteiger partial charge < -0.3 is 19.3 Å². The van der Waals surface area contributed by atoms with E-state index in [4.69, 9.17) is 9.47 Å². The quantitative estimate of drug-likeness (QED) is 0.0803. The van der Waals surface area contributed by atoms with E-state index in [1.165, 1.54) is 16.7 Å². The van der Waals surface area contributed by atoms with E-state index < -0.39 is 0 Å². The van der Waals surface area contributed by atoms with Gasteiger partial charge in [-0.3, -0.25) is 4.79 Å². The maximum Gasteiger partial charge on any atom is 0.193 e. The van der Waals surface area contributed by atoms with Crippen LogP contribution in [0.25, 0.3) is 11.1 Å². The molecule has 0 heterocycles. The van der Waals surface area contributed by atoms with E-state index in [-0.39, 0.29) is 17.3 Å². The second-order valence-corrected chi connectivity index (χ2v) is 18.1. The molecule has 8 aromatic carbocycles. The average molecular weight is 883 g/mol. The molecule has 0 atom stereocenters. The highest BCUT2D eigenvalue weighted by Crippen LogP contribution is 2.40. The first-order valence-electron chi connectivity index (χ1n) is 23.8. The third kappa shape index (κ3) is 11.0. The number of carbonyl (C=O) groups is 1. The van der Waals surface area contributed by atoms with Gasteiger partial charge in [0, 0.05) is 45.3 Å². The Kier molecular flexibility index (Phi) is 14.4. The predicted molar refractivity (Wildman–Crippen MR) is 280 cm³/mol. The third-order valence-corrected chi connectivity index (χ3v) is 12.5. The predicted octanol–water partition coefficient (Wildman–Crippen LogP) is 17.3. The molecule has 0 radical (unpaired) electrons. The van der Waals surface area contributed by atoms with E-state index >= 15 is 0 Å². The molecule has 0 saturated carbocycles. The fraction of sp³-hybridized carbons (Fsp3) is 0.210. The summed E-state index contributed by atoms with van der Waals surface area (Å²) < 4.78 is 12.0. The molecule has 0 unspecified atom stereocenters. The minimum Gasteiger partial charge on any atom is -0.491 e. The minimum atomic E-state index is -0.0512. The Morgan fingerprint density at radius 2 is 0.776 bits per heavy atom. The number of hydrogen-bond acceptors (Lipinski definition) is 5. The van der Waals surface area contributed by atoms with Gasteiger partial charge in [0.25, 0.3) is 0 Å². The summed E-state index contributed by atoms with van der Waals surface area (Å²) in [7, 11) is 0. The summed E-state index contributed by atoms with van der Waals surface area (Å²) in [6, 6.07) is 67.3. The first kappa shape index (κ1) is 46.2. The Balaban J connectivity index is 1.01. The normalized spacial score (nSPS) is 11.3. The fourth-order valence-electron chi connectivity index (χ4n) is 8.69. The summed E-state index contributed by atoms with van der Waals surface area (Å²) >= 11 is 0. The zero-order valence-corrected chi connectivity index (χ0v) is 40.0. The Morgan fingerprint density at radius 3 is 1.13 bits per heavy atom. The largest absolute Gasteiger partial charge is 0.491 e. The van der Waals surface area contributed by atoms with Crippen LogP contribution in [0.5, 0.6) is 17.2 Å². The number of aryl methyl sites for hydroxylation is 2. The van der Waals surface area contributed by atoms with Crippen LogP contribution in [0, 0.1) is 0 Å². The average Bonchev–Trinajstić information content (AvgIpc) is 3.36. The van der Waals surface area contributed by atoms with E-state index in [2.05, 4.69) is 178 Å². The summed E-state index contributed by atoms with van der Waals surface area (Å²) in [5, 5.41) is 0. The van der Waals surface area contributed by atoms with Crippen LogP contribution in [-0.2, 0) is 18.3 Å². The maximum absolute atomic E-state index is 13.2. The van der Waals surface area contributed by atoms with E-state index in [1.54, 1.807) is 24.3 Å². The Hall–Kier alpha value is -7.37. The zero-order chi connectivity index (χ0) is 46.9. The molecule has 0 aliphatic rings. The van der Waals surface area contributed by atoms with Crippen LogP contribution in [0.15, 0.2) is 194 Å². The molecule has 0 bridgehead atoms. The maximum atomic E-state index is 13.2. The van der Waals surface area contributed by atoms with Gasteiger partial charge in [-0.05, 0) is 200 Å². The van der Waals surface area contributed by atoms with Gasteiger partial charge in [-0.15, -0.1) is 0 Å². The van der Waals surface area contributed by atoms with Crippen molar-refractivity contribution in [2.24, 2.45) is 0 Å². The standard InChI is InChI=1S/C62H62N2O3/c1-8-43-62(6,7)51-23-33-56(34-24-51)63(52-25-11-45(9-2)12-26-52)54-29-15-47(16-30-54)48-17-31-55(32-18-48)64(53-27-13-46(10-3)14-28-53)57-35-41-60(42-36-57)67-59-39-21-50(22-40-59)61(65)49-19-37-58(38-20-49)66-44(4)5/h11-42,44H,8-10,43H2,1-7H3. The number of anilines is 6. The van der Waals surface area contributed by atoms with Crippen LogP contribution >= 0.6 is 0 Å². The zero-order valence-electron chi connectivity index (χ0n) is 40.0. The number of rotatable bonds is 18. The smallest absolute Gasteiger partial charge is 0.193 e. The Bertz CT molecular complexity index is 2830. The second-order valence-electron chi connectivity index (χ2n) is 18.1. The van der Waals surface area contributed by atoms with Crippen LogP contribution in [0.4, 0.5) is 34.1 Å². The fourth-order valence-corrected chi connectivity index (χ4v) is 8.69. The highest BCUT2D eigenvalue weighted by molar-refractivity contribution is 6.09. The second kappa shape index (κ2) is 20.9. The van der Waals surface area contributed by atoms with Gasteiger partial charge in [-0.2, -0.15) is 0 Å². The van der Waals surface area contributed by atoms with Crippen LogP contribution in [0.1, 0.15) is 93.9 Å². The lowest BCUT2D eigenvalue weighted by molar-refractivity contribution is 0.103. The SMILES string of the molecule is CCCC(C)(C)c1ccc(N(c2ccc(CC)cc2)c2ccc(-c3ccc(N(c4ccc(CC)cc4)c4ccc(Oc5ccc(C(=O)c6ccc(OC(C)C)cc6)cc5)cc4)cc3)cc2)cc1. The van der Waals surface area contributed by atoms with Gasteiger partial charge in [-0.25, -0.2) is 0 Å². The van der Waals surface area contributed by atoms with Gasteiger partial charge >= 0.3 is 0 Å². The summed E-state index contributed by atoms with van der Waals surface area (Å²) in [6.07, 6.45) is 4.36. The van der Waals surface area contributed by atoms with Crippen molar-refractivity contribution in [2.45, 2.75) is 85.7 Å². The summed E-state index contributed by atoms with van der Waals surface area (Å²) in [5.41, 5.74) is 14.1.